The van der Waals surface area contributed by atoms with Gasteiger partial charge in [0.15, 0.2) is 0 Å². The van der Waals surface area contributed by atoms with Gasteiger partial charge < -0.3 is 10.1 Å². The molecule has 1 aliphatic heterocycles. The first-order valence-corrected chi connectivity index (χ1v) is 6.42. The van der Waals surface area contributed by atoms with E-state index in [1.165, 1.54) is 12.7 Å². The van der Waals surface area contributed by atoms with Gasteiger partial charge in [0.25, 0.3) is 0 Å². The van der Waals surface area contributed by atoms with Crippen LogP contribution in [0, 0.1) is 11.3 Å². The highest BCUT2D eigenvalue weighted by Crippen LogP contribution is 2.40. The van der Waals surface area contributed by atoms with E-state index in [4.69, 9.17) is 4.74 Å². The minimum absolute atomic E-state index is 0.0971. The number of hydrogen-bond acceptors (Lipinski definition) is 3. The first kappa shape index (κ1) is 12.9. The van der Waals surface area contributed by atoms with Gasteiger partial charge in [-0.25, -0.2) is 0 Å². The summed E-state index contributed by atoms with van der Waals surface area (Å²) in [7, 11) is 1.46. The molecule has 1 aromatic rings. The van der Waals surface area contributed by atoms with Gasteiger partial charge in [0.2, 0.25) is 0 Å². The molecule has 1 heterocycles. The number of hydrogen-bond donors (Lipinski definition) is 1. The van der Waals surface area contributed by atoms with Gasteiger partial charge >= 0.3 is 5.97 Å². The first-order chi connectivity index (χ1) is 8.49. The highest BCUT2D eigenvalue weighted by atomic mass is 16.5. The molecular formula is C15H21NO2. The molecule has 0 spiro atoms. The Kier molecular flexibility index (Phi) is 3.33. The number of ether oxygens (including phenoxy) is 1. The van der Waals surface area contributed by atoms with E-state index in [1.807, 2.05) is 19.1 Å². The van der Waals surface area contributed by atoms with Gasteiger partial charge in [-0.2, -0.15) is 0 Å². The molecule has 0 saturated carbocycles. The highest BCUT2D eigenvalue weighted by Gasteiger charge is 2.46. The summed E-state index contributed by atoms with van der Waals surface area (Å²) in [6, 6.07) is 8.26. The third-order valence-electron chi connectivity index (χ3n) is 3.89. The van der Waals surface area contributed by atoms with Crippen LogP contribution in [0.3, 0.4) is 0 Å². The van der Waals surface area contributed by atoms with Crippen LogP contribution in [-0.2, 0) is 16.0 Å². The van der Waals surface area contributed by atoms with E-state index in [1.54, 1.807) is 0 Å². The van der Waals surface area contributed by atoms with E-state index >= 15 is 0 Å². The fraction of sp³-hybridized carbons (Fsp3) is 0.533. The number of anilines is 1. The van der Waals surface area contributed by atoms with Gasteiger partial charge in [-0.3, -0.25) is 4.79 Å². The Labute approximate surface area is 109 Å². The minimum Gasteiger partial charge on any atom is -0.469 e. The fourth-order valence-corrected chi connectivity index (χ4v) is 2.98. The third-order valence-corrected chi connectivity index (χ3v) is 3.89. The Bertz CT molecular complexity index is 456. The van der Waals surface area contributed by atoms with Crippen molar-refractivity contribution in [3.05, 3.63) is 29.8 Å². The summed E-state index contributed by atoms with van der Waals surface area (Å²) in [5, 5.41) is 3.50. The topological polar surface area (TPSA) is 38.3 Å². The maximum absolute atomic E-state index is 12.2. The quantitative estimate of drug-likeness (QED) is 0.817. The average molecular weight is 247 g/mol. The lowest BCUT2D eigenvalue weighted by atomic mass is 9.70. The molecule has 3 heteroatoms. The highest BCUT2D eigenvalue weighted by molar-refractivity contribution is 5.80. The fourth-order valence-electron chi connectivity index (χ4n) is 2.98. The van der Waals surface area contributed by atoms with Crippen molar-refractivity contribution in [3.8, 4) is 0 Å². The molecule has 0 saturated heterocycles. The number of carbonyl (C=O) groups is 1. The van der Waals surface area contributed by atoms with E-state index in [0.717, 1.165) is 12.1 Å². The summed E-state index contributed by atoms with van der Waals surface area (Å²) < 4.78 is 5.01. The van der Waals surface area contributed by atoms with Crippen molar-refractivity contribution < 1.29 is 9.53 Å². The van der Waals surface area contributed by atoms with Crippen molar-refractivity contribution in [2.45, 2.75) is 33.2 Å². The first-order valence-electron chi connectivity index (χ1n) is 6.42. The van der Waals surface area contributed by atoms with Gasteiger partial charge in [0.1, 0.15) is 0 Å². The number of rotatable bonds is 2. The second-order valence-corrected chi connectivity index (χ2v) is 5.61. The Morgan fingerprint density at radius 2 is 2.11 bits per heavy atom. The Hall–Kier alpha value is -1.51. The van der Waals surface area contributed by atoms with E-state index < -0.39 is 5.41 Å². The van der Waals surface area contributed by atoms with Crippen LogP contribution in [0.15, 0.2) is 24.3 Å². The Morgan fingerprint density at radius 3 is 2.72 bits per heavy atom. The van der Waals surface area contributed by atoms with Crippen molar-refractivity contribution >= 4 is 11.7 Å². The molecule has 98 valence electrons. The van der Waals surface area contributed by atoms with Crippen molar-refractivity contribution in [3.63, 3.8) is 0 Å². The number of methoxy groups -OCH3 is 1. The minimum atomic E-state index is -0.503. The number of nitrogens with one attached hydrogen (secondary N) is 1. The van der Waals surface area contributed by atoms with Gasteiger partial charge in [-0.15, -0.1) is 0 Å². The molecule has 0 bridgehead atoms. The zero-order valence-electron chi connectivity index (χ0n) is 11.5. The second kappa shape index (κ2) is 4.63. The lowest BCUT2D eigenvalue weighted by Gasteiger charge is -2.43. The van der Waals surface area contributed by atoms with E-state index in [0.29, 0.717) is 5.92 Å². The van der Waals surface area contributed by atoms with Gasteiger partial charge in [-0.05, 0) is 30.9 Å². The summed E-state index contributed by atoms with van der Waals surface area (Å²) in [6.45, 7) is 6.26. The van der Waals surface area contributed by atoms with E-state index in [9.17, 15) is 4.79 Å². The van der Waals surface area contributed by atoms with Crippen molar-refractivity contribution in [1.29, 1.82) is 0 Å². The number of benzene rings is 1. The normalized spacial score (nSPS) is 26.4. The maximum Gasteiger partial charge on any atom is 0.313 e. The van der Waals surface area contributed by atoms with Gasteiger partial charge in [-0.1, -0.05) is 32.0 Å². The van der Waals surface area contributed by atoms with E-state index in [-0.39, 0.29) is 12.0 Å². The van der Waals surface area contributed by atoms with Gasteiger partial charge in [0.05, 0.1) is 12.5 Å². The third kappa shape index (κ3) is 1.98. The monoisotopic (exact) mass is 247 g/mol. The van der Waals surface area contributed by atoms with Crippen LogP contribution < -0.4 is 5.32 Å². The smallest absolute Gasteiger partial charge is 0.313 e. The van der Waals surface area contributed by atoms with Crippen LogP contribution in [0.1, 0.15) is 26.3 Å². The van der Waals surface area contributed by atoms with Crippen LogP contribution in [0.2, 0.25) is 0 Å². The molecule has 2 atom stereocenters. The van der Waals surface area contributed by atoms with Crippen LogP contribution in [0.25, 0.3) is 0 Å². The largest absolute Gasteiger partial charge is 0.469 e. The molecule has 0 fully saturated rings. The molecule has 1 aliphatic rings. The van der Waals surface area contributed by atoms with Gasteiger partial charge in [0, 0.05) is 11.7 Å². The van der Waals surface area contributed by atoms with Crippen molar-refractivity contribution in [2.75, 3.05) is 12.4 Å². The number of carbonyl (C=O) groups excluding carboxylic acids is 1. The van der Waals surface area contributed by atoms with Crippen LogP contribution >= 0.6 is 0 Å². The predicted molar refractivity (Wildman–Crippen MR) is 72.5 cm³/mol. The standard InChI is InChI=1S/C15H21NO2/c1-10(2)13-15(3,14(17)18-4)9-11-7-5-6-8-12(11)16-13/h5-8,10,13,16H,9H2,1-4H3/t13-,15-/m1/s1. The molecule has 0 amide bonds. The molecule has 1 N–H and O–H groups in total. The van der Waals surface area contributed by atoms with Crippen molar-refractivity contribution in [1.82, 2.24) is 0 Å². The number of fused-ring (bicyclic) bond motifs is 1. The zero-order chi connectivity index (χ0) is 13.3. The SMILES string of the molecule is COC(=O)[C@]1(C)Cc2ccccc2N[C@@H]1C(C)C. The van der Waals surface area contributed by atoms with Crippen LogP contribution in [0.5, 0.6) is 0 Å². The summed E-state index contributed by atoms with van der Waals surface area (Å²) >= 11 is 0. The van der Waals surface area contributed by atoms with Crippen molar-refractivity contribution in [2.24, 2.45) is 11.3 Å². The molecule has 3 nitrogen and oxygen atoms in total. The number of para-hydroxylation sites is 1. The van der Waals surface area contributed by atoms with Crippen LogP contribution in [-0.4, -0.2) is 19.1 Å². The average Bonchev–Trinajstić information content (AvgIpc) is 2.36. The lowest BCUT2D eigenvalue weighted by Crippen LogP contribution is -2.52. The summed E-state index contributed by atoms with van der Waals surface area (Å²) in [4.78, 5) is 12.2. The molecule has 18 heavy (non-hydrogen) atoms. The predicted octanol–water partition coefficient (Wildman–Crippen LogP) is 2.86. The lowest BCUT2D eigenvalue weighted by molar-refractivity contribution is -0.153. The van der Waals surface area contributed by atoms with Crippen LogP contribution in [0.4, 0.5) is 5.69 Å². The maximum atomic E-state index is 12.2. The molecule has 1 aromatic carbocycles. The molecule has 0 aromatic heterocycles. The molecule has 0 unspecified atom stereocenters. The Morgan fingerprint density at radius 1 is 1.44 bits per heavy atom. The molecule has 0 aliphatic carbocycles. The molecule has 0 radical (unpaired) electrons. The summed E-state index contributed by atoms with van der Waals surface area (Å²) in [5.74, 6) is 0.227. The molecular weight excluding hydrogens is 226 g/mol. The zero-order valence-corrected chi connectivity index (χ0v) is 11.5. The molecule has 2 rings (SSSR count). The van der Waals surface area contributed by atoms with E-state index in [2.05, 4.69) is 31.3 Å². The number of esters is 1. The Balaban J connectivity index is 2.43. The summed E-state index contributed by atoms with van der Waals surface area (Å²) in [5.41, 5.74) is 1.82. The second-order valence-electron chi connectivity index (χ2n) is 5.61. The summed E-state index contributed by atoms with van der Waals surface area (Å²) in [6.07, 6.45) is 0.728.